The van der Waals surface area contributed by atoms with Crippen molar-refractivity contribution in [2.45, 2.75) is 66.6 Å². The van der Waals surface area contributed by atoms with E-state index in [0.29, 0.717) is 12.5 Å². The van der Waals surface area contributed by atoms with Crippen LogP contribution in [0.2, 0.25) is 0 Å². The van der Waals surface area contributed by atoms with Gasteiger partial charge in [0.25, 0.3) is 0 Å². The van der Waals surface area contributed by atoms with E-state index >= 15 is 0 Å². The van der Waals surface area contributed by atoms with Gasteiger partial charge in [0.15, 0.2) is 0 Å². The van der Waals surface area contributed by atoms with E-state index in [4.69, 9.17) is 9.47 Å². The van der Waals surface area contributed by atoms with Gasteiger partial charge in [-0.3, -0.25) is 9.59 Å². The van der Waals surface area contributed by atoms with Gasteiger partial charge in [-0.2, -0.15) is 0 Å². The fraction of sp³-hybridized carbons (Fsp3) is 0.875. The van der Waals surface area contributed by atoms with E-state index in [1.54, 1.807) is 0 Å². The predicted octanol–water partition coefficient (Wildman–Crippen LogP) is 3.30. The molecule has 132 valence electrons. The van der Waals surface area contributed by atoms with E-state index in [1.807, 2.05) is 41.5 Å². The zero-order chi connectivity index (χ0) is 18.0. The number of carbonyl (C=O) groups excluding carboxylic acids is 2. The molecule has 0 saturated carbocycles. The zero-order valence-electron chi connectivity index (χ0n) is 15.2. The molecule has 0 amide bonds. The van der Waals surface area contributed by atoms with Crippen molar-refractivity contribution in [2.75, 3.05) is 18.4 Å². The number of ether oxygens (including phenoxy) is 2. The van der Waals surface area contributed by atoms with Gasteiger partial charge in [0.1, 0.15) is 16.5 Å². The molecule has 0 unspecified atom stereocenters. The minimum absolute atomic E-state index is 0.187. The van der Waals surface area contributed by atoms with E-state index in [-0.39, 0.29) is 28.5 Å². The van der Waals surface area contributed by atoms with E-state index in [9.17, 15) is 9.59 Å². The van der Waals surface area contributed by atoms with Gasteiger partial charge >= 0.3 is 11.9 Å². The Hall–Kier alpha value is -0.620. The van der Waals surface area contributed by atoms with Crippen molar-refractivity contribution in [1.82, 2.24) is 5.32 Å². The van der Waals surface area contributed by atoms with Crippen LogP contribution in [0.1, 0.15) is 55.4 Å². The summed E-state index contributed by atoms with van der Waals surface area (Å²) in [5.74, 6) is 0.151. The minimum atomic E-state index is -0.378. The summed E-state index contributed by atoms with van der Waals surface area (Å²) in [6.07, 6.45) is 0. The number of rotatable bonds is 5. The second kappa shape index (κ2) is 11.0. The van der Waals surface area contributed by atoms with Crippen molar-refractivity contribution in [1.29, 1.82) is 0 Å². The van der Waals surface area contributed by atoms with Crippen LogP contribution in [0.5, 0.6) is 0 Å². The Bertz CT molecular complexity index is 330. The number of hydrogen-bond donors (Lipinski definition) is 1. The summed E-state index contributed by atoms with van der Waals surface area (Å²) in [5.41, 5.74) is -0.735. The molecule has 0 heterocycles. The molecule has 0 aliphatic rings. The molecule has 0 rings (SSSR count). The van der Waals surface area contributed by atoms with Crippen LogP contribution in [0.4, 0.5) is 0 Å². The SMILES string of the molecule is CC(C)(C)OC(=O)CBr.CC(C)CNCC(=O)OC(C)(C)C. The molecule has 0 aromatic carbocycles. The summed E-state index contributed by atoms with van der Waals surface area (Å²) in [6.45, 7) is 16.5. The summed E-state index contributed by atoms with van der Waals surface area (Å²) in [4.78, 5) is 21.7. The Morgan fingerprint density at radius 3 is 1.64 bits per heavy atom. The summed E-state index contributed by atoms with van der Waals surface area (Å²) in [5, 5.41) is 3.30. The van der Waals surface area contributed by atoms with Crippen molar-refractivity contribution >= 4 is 27.9 Å². The van der Waals surface area contributed by atoms with Gasteiger partial charge in [-0.25, -0.2) is 0 Å². The van der Waals surface area contributed by atoms with Crippen LogP contribution in [0.25, 0.3) is 0 Å². The van der Waals surface area contributed by atoms with Crippen LogP contribution < -0.4 is 5.32 Å². The van der Waals surface area contributed by atoms with E-state index in [1.165, 1.54) is 0 Å². The van der Waals surface area contributed by atoms with E-state index < -0.39 is 0 Å². The first-order valence-corrected chi connectivity index (χ1v) is 8.59. The topological polar surface area (TPSA) is 64.6 Å². The first-order chi connectivity index (χ1) is 9.76. The van der Waals surface area contributed by atoms with Gasteiger partial charge in [-0.05, 0) is 54.0 Å². The normalized spacial score (nSPS) is 11.5. The number of carbonyl (C=O) groups is 2. The summed E-state index contributed by atoms with van der Waals surface area (Å²) in [7, 11) is 0. The number of esters is 2. The lowest BCUT2D eigenvalue weighted by atomic mass is 10.2. The van der Waals surface area contributed by atoms with E-state index in [0.717, 1.165) is 6.54 Å². The third-order valence-corrected chi connectivity index (χ3v) is 2.23. The highest BCUT2D eigenvalue weighted by Gasteiger charge is 2.15. The Morgan fingerprint density at radius 1 is 0.955 bits per heavy atom. The highest BCUT2D eigenvalue weighted by atomic mass is 79.9. The standard InChI is InChI=1S/C10H21NO2.C6H11BrO2/c1-8(2)6-11-7-9(12)13-10(3,4)5;1-6(2,3)9-5(8)4-7/h8,11H,6-7H2,1-5H3;4H2,1-3H3. The molecule has 0 aromatic rings. The van der Waals surface area contributed by atoms with Gasteiger partial charge < -0.3 is 14.8 Å². The molecule has 0 spiro atoms. The quantitative estimate of drug-likeness (QED) is 0.584. The second-order valence-electron chi connectivity index (χ2n) is 7.33. The molecule has 0 fully saturated rings. The summed E-state index contributed by atoms with van der Waals surface area (Å²) < 4.78 is 10.0. The largest absolute Gasteiger partial charge is 0.459 e. The zero-order valence-corrected chi connectivity index (χ0v) is 16.8. The maximum atomic E-state index is 11.2. The van der Waals surface area contributed by atoms with Gasteiger partial charge in [0.2, 0.25) is 0 Å². The second-order valence-corrected chi connectivity index (χ2v) is 7.89. The average molecular weight is 382 g/mol. The Morgan fingerprint density at radius 2 is 1.36 bits per heavy atom. The highest BCUT2D eigenvalue weighted by molar-refractivity contribution is 9.09. The third kappa shape index (κ3) is 21.7. The molecule has 0 aliphatic carbocycles. The summed E-state index contributed by atoms with van der Waals surface area (Å²) in [6, 6.07) is 0. The molecule has 0 bridgehead atoms. The summed E-state index contributed by atoms with van der Waals surface area (Å²) >= 11 is 2.99. The van der Waals surface area contributed by atoms with E-state index in [2.05, 4.69) is 35.1 Å². The van der Waals surface area contributed by atoms with Gasteiger partial charge in [0.05, 0.1) is 6.54 Å². The van der Waals surface area contributed by atoms with Crippen molar-refractivity contribution < 1.29 is 19.1 Å². The lowest BCUT2D eigenvalue weighted by Crippen LogP contribution is -2.32. The van der Waals surface area contributed by atoms with Crippen LogP contribution in [0.15, 0.2) is 0 Å². The van der Waals surface area contributed by atoms with Crippen molar-refractivity contribution in [2.24, 2.45) is 5.92 Å². The molecule has 0 aliphatic heterocycles. The highest BCUT2D eigenvalue weighted by Crippen LogP contribution is 2.07. The molecular formula is C16H32BrNO4. The predicted molar refractivity (Wildman–Crippen MR) is 93.2 cm³/mol. The molecule has 0 saturated heterocycles. The van der Waals surface area contributed by atoms with Crippen molar-refractivity contribution in [3.8, 4) is 0 Å². The molecule has 0 aromatic heterocycles. The van der Waals surface area contributed by atoms with Gasteiger partial charge in [0, 0.05) is 0 Å². The van der Waals surface area contributed by atoms with Crippen LogP contribution in [-0.2, 0) is 19.1 Å². The fourth-order valence-corrected chi connectivity index (χ4v) is 1.32. The number of nitrogens with one attached hydrogen (secondary N) is 1. The molecule has 6 heteroatoms. The Labute approximate surface area is 143 Å². The van der Waals surface area contributed by atoms with Gasteiger partial charge in [-0.1, -0.05) is 29.8 Å². The first kappa shape index (κ1) is 23.6. The molecular weight excluding hydrogens is 350 g/mol. The minimum Gasteiger partial charge on any atom is -0.459 e. The number of alkyl halides is 1. The van der Waals surface area contributed by atoms with Crippen molar-refractivity contribution in [3.63, 3.8) is 0 Å². The molecule has 0 atom stereocenters. The maximum absolute atomic E-state index is 11.2. The lowest BCUT2D eigenvalue weighted by molar-refractivity contribution is -0.154. The molecule has 22 heavy (non-hydrogen) atoms. The number of halogens is 1. The third-order valence-electron chi connectivity index (χ3n) is 1.77. The van der Waals surface area contributed by atoms with Gasteiger partial charge in [-0.15, -0.1) is 0 Å². The van der Waals surface area contributed by atoms with Crippen LogP contribution >= 0.6 is 15.9 Å². The molecule has 0 radical (unpaired) electrons. The average Bonchev–Trinajstić information content (AvgIpc) is 2.24. The Balaban J connectivity index is 0. The molecule has 5 nitrogen and oxygen atoms in total. The first-order valence-electron chi connectivity index (χ1n) is 7.47. The Kier molecular flexibility index (Phi) is 11.8. The maximum Gasteiger partial charge on any atom is 0.320 e. The number of hydrogen-bond acceptors (Lipinski definition) is 5. The van der Waals surface area contributed by atoms with Crippen LogP contribution in [0, 0.1) is 5.92 Å². The smallest absolute Gasteiger partial charge is 0.320 e. The fourth-order valence-electron chi connectivity index (χ4n) is 1.21. The van der Waals surface area contributed by atoms with Crippen LogP contribution in [0.3, 0.4) is 0 Å². The lowest BCUT2D eigenvalue weighted by Gasteiger charge is -2.19. The van der Waals surface area contributed by atoms with Crippen LogP contribution in [-0.4, -0.2) is 41.6 Å². The van der Waals surface area contributed by atoms with Crippen molar-refractivity contribution in [3.05, 3.63) is 0 Å². The molecule has 1 N–H and O–H groups in total. The monoisotopic (exact) mass is 381 g/mol.